The number of hydrogen-bond donors (Lipinski definition) is 1. The van der Waals surface area contributed by atoms with Crippen LogP contribution in [0.3, 0.4) is 0 Å². The van der Waals surface area contributed by atoms with Crippen molar-refractivity contribution in [1.82, 2.24) is 10.5 Å². The Hall–Kier alpha value is -3.02. The second kappa shape index (κ2) is 8.12. The molecule has 2 heterocycles. The predicted octanol–water partition coefficient (Wildman–Crippen LogP) is 4.19. The van der Waals surface area contributed by atoms with E-state index >= 15 is 0 Å². The fourth-order valence-corrected chi connectivity index (χ4v) is 2.75. The van der Waals surface area contributed by atoms with Gasteiger partial charge in [0.15, 0.2) is 5.76 Å². The van der Waals surface area contributed by atoms with Gasteiger partial charge in [0, 0.05) is 18.5 Å². The molecule has 0 radical (unpaired) electrons. The molecule has 3 rings (SSSR count). The first-order chi connectivity index (χ1) is 12.9. The Kier molecular flexibility index (Phi) is 5.64. The van der Waals surface area contributed by atoms with Crippen LogP contribution >= 0.6 is 0 Å². The summed E-state index contributed by atoms with van der Waals surface area (Å²) < 4.78 is 16.5. The molecule has 1 amide bonds. The third-order valence-electron chi connectivity index (χ3n) is 4.17. The standard InChI is InChI=1S/C21H24N2O4/c1-13(2)25-17-7-5-16(6-8-17)12-22-21(24)20-10-9-18(26-20)11-19-14(3)23-27-15(19)4/h5-10,13H,11-12H2,1-4H3,(H,22,24). The Labute approximate surface area is 158 Å². The molecule has 1 aromatic carbocycles. The number of hydrogen-bond acceptors (Lipinski definition) is 5. The number of aromatic nitrogens is 1. The summed E-state index contributed by atoms with van der Waals surface area (Å²) in [5, 5.41) is 6.80. The first-order valence-electron chi connectivity index (χ1n) is 8.96. The summed E-state index contributed by atoms with van der Waals surface area (Å²) in [6.45, 7) is 8.14. The van der Waals surface area contributed by atoms with E-state index < -0.39 is 0 Å². The molecule has 0 spiro atoms. The molecule has 0 bridgehead atoms. The molecule has 0 aliphatic heterocycles. The minimum atomic E-state index is -0.248. The van der Waals surface area contributed by atoms with E-state index in [0.29, 0.717) is 18.7 Å². The number of carbonyl (C=O) groups is 1. The van der Waals surface area contributed by atoms with Gasteiger partial charge >= 0.3 is 0 Å². The molecule has 27 heavy (non-hydrogen) atoms. The highest BCUT2D eigenvalue weighted by Gasteiger charge is 2.15. The van der Waals surface area contributed by atoms with E-state index in [9.17, 15) is 4.79 Å². The Bertz CT molecular complexity index is 887. The summed E-state index contributed by atoms with van der Waals surface area (Å²) in [4.78, 5) is 12.3. The van der Waals surface area contributed by atoms with Crippen LogP contribution in [0.4, 0.5) is 0 Å². The molecule has 0 saturated carbocycles. The highest BCUT2D eigenvalue weighted by Crippen LogP contribution is 2.19. The van der Waals surface area contributed by atoms with Crippen molar-refractivity contribution in [3.8, 4) is 5.75 Å². The first-order valence-corrected chi connectivity index (χ1v) is 8.96. The van der Waals surface area contributed by atoms with Gasteiger partial charge in [-0.3, -0.25) is 4.79 Å². The SMILES string of the molecule is Cc1noc(C)c1Cc1ccc(C(=O)NCc2ccc(OC(C)C)cc2)o1. The van der Waals surface area contributed by atoms with Crippen molar-refractivity contribution >= 4 is 5.91 Å². The number of nitrogens with one attached hydrogen (secondary N) is 1. The van der Waals surface area contributed by atoms with Crippen LogP contribution in [-0.2, 0) is 13.0 Å². The van der Waals surface area contributed by atoms with E-state index in [0.717, 1.165) is 28.3 Å². The normalized spacial score (nSPS) is 11.0. The molecule has 0 unspecified atom stereocenters. The lowest BCUT2D eigenvalue weighted by Gasteiger charge is -2.10. The van der Waals surface area contributed by atoms with Gasteiger partial charge < -0.3 is 19.0 Å². The third kappa shape index (κ3) is 4.78. The van der Waals surface area contributed by atoms with Gasteiger partial charge in [0.1, 0.15) is 17.3 Å². The van der Waals surface area contributed by atoms with Gasteiger partial charge in [-0.2, -0.15) is 0 Å². The fourth-order valence-electron chi connectivity index (χ4n) is 2.75. The Balaban J connectivity index is 1.56. The summed E-state index contributed by atoms with van der Waals surface area (Å²) in [5.41, 5.74) is 2.81. The lowest BCUT2D eigenvalue weighted by Crippen LogP contribution is -2.22. The van der Waals surface area contributed by atoms with Gasteiger partial charge in [-0.1, -0.05) is 17.3 Å². The maximum absolute atomic E-state index is 12.3. The number of ether oxygens (including phenoxy) is 1. The van der Waals surface area contributed by atoms with E-state index in [1.165, 1.54) is 0 Å². The summed E-state index contributed by atoms with van der Waals surface area (Å²) in [6.07, 6.45) is 0.681. The second-order valence-corrected chi connectivity index (χ2v) is 6.74. The van der Waals surface area contributed by atoms with Crippen LogP contribution in [0.2, 0.25) is 0 Å². The molecule has 0 aliphatic carbocycles. The Morgan fingerprint density at radius 2 is 1.89 bits per heavy atom. The molecule has 0 aliphatic rings. The van der Waals surface area contributed by atoms with Crippen LogP contribution in [0.15, 0.2) is 45.3 Å². The Morgan fingerprint density at radius 1 is 1.15 bits per heavy atom. The summed E-state index contributed by atoms with van der Waals surface area (Å²) >= 11 is 0. The molecule has 2 aromatic heterocycles. The van der Waals surface area contributed by atoms with E-state index in [4.69, 9.17) is 13.7 Å². The summed E-state index contributed by atoms with van der Waals surface area (Å²) in [5.74, 6) is 2.32. The molecule has 3 aromatic rings. The number of rotatable bonds is 7. The first kappa shape index (κ1) is 18.8. The van der Waals surface area contributed by atoms with Crippen LogP contribution < -0.4 is 10.1 Å². The van der Waals surface area contributed by atoms with Crippen molar-refractivity contribution in [1.29, 1.82) is 0 Å². The zero-order valence-electron chi connectivity index (χ0n) is 16.0. The molecule has 0 saturated heterocycles. The Morgan fingerprint density at radius 3 is 2.52 bits per heavy atom. The van der Waals surface area contributed by atoms with Crippen LogP contribution in [0, 0.1) is 13.8 Å². The van der Waals surface area contributed by atoms with Crippen molar-refractivity contribution in [2.45, 2.75) is 46.8 Å². The zero-order chi connectivity index (χ0) is 19.4. The van der Waals surface area contributed by atoms with Crippen LogP contribution in [-0.4, -0.2) is 17.2 Å². The summed E-state index contributed by atoms with van der Waals surface area (Å²) in [6, 6.07) is 11.2. The molecule has 142 valence electrons. The number of amides is 1. The van der Waals surface area contributed by atoms with Crippen LogP contribution in [0.1, 0.15) is 52.7 Å². The van der Waals surface area contributed by atoms with Gasteiger partial charge in [-0.15, -0.1) is 0 Å². The van der Waals surface area contributed by atoms with Gasteiger partial charge in [0.05, 0.1) is 11.8 Å². The number of carbonyl (C=O) groups excluding carboxylic acids is 1. The molecule has 6 heteroatoms. The smallest absolute Gasteiger partial charge is 0.287 e. The number of benzene rings is 1. The fraction of sp³-hybridized carbons (Fsp3) is 0.333. The van der Waals surface area contributed by atoms with Crippen molar-refractivity contribution < 1.29 is 18.5 Å². The number of furan rings is 1. The van der Waals surface area contributed by atoms with E-state index in [2.05, 4.69) is 10.5 Å². The number of nitrogens with zero attached hydrogens (tertiary/aromatic N) is 1. The molecule has 0 fully saturated rings. The van der Waals surface area contributed by atoms with Crippen LogP contribution in [0.5, 0.6) is 5.75 Å². The lowest BCUT2D eigenvalue weighted by atomic mass is 10.1. The van der Waals surface area contributed by atoms with Gasteiger partial charge in [0.25, 0.3) is 5.91 Å². The van der Waals surface area contributed by atoms with Crippen molar-refractivity contribution in [3.63, 3.8) is 0 Å². The maximum Gasteiger partial charge on any atom is 0.287 e. The topological polar surface area (TPSA) is 77.5 Å². The minimum Gasteiger partial charge on any atom is -0.491 e. The average Bonchev–Trinajstić information content (AvgIpc) is 3.23. The van der Waals surface area contributed by atoms with Crippen molar-refractivity contribution in [2.24, 2.45) is 0 Å². The molecule has 6 nitrogen and oxygen atoms in total. The van der Waals surface area contributed by atoms with Crippen molar-refractivity contribution in [3.05, 3.63) is 70.5 Å². The average molecular weight is 368 g/mol. The largest absolute Gasteiger partial charge is 0.491 e. The highest BCUT2D eigenvalue weighted by atomic mass is 16.5. The minimum absolute atomic E-state index is 0.133. The molecular formula is C21H24N2O4. The van der Waals surface area contributed by atoms with Gasteiger partial charge in [0.2, 0.25) is 0 Å². The van der Waals surface area contributed by atoms with Crippen molar-refractivity contribution in [2.75, 3.05) is 0 Å². The van der Waals surface area contributed by atoms with E-state index in [1.54, 1.807) is 12.1 Å². The maximum atomic E-state index is 12.3. The predicted molar refractivity (Wildman–Crippen MR) is 101 cm³/mol. The van der Waals surface area contributed by atoms with Gasteiger partial charge in [-0.25, -0.2) is 0 Å². The quantitative estimate of drug-likeness (QED) is 0.676. The lowest BCUT2D eigenvalue weighted by molar-refractivity contribution is 0.0921. The van der Waals surface area contributed by atoms with Crippen LogP contribution in [0.25, 0.3) is 0 Å². The van der Waals surface area contributed by atoms with Gasteiger partial charge in [-0.05, 0) is 57.5 Å². The number of aryl methyl sites for hydroxylation is 2. The highest BCUT2D eigenvalue weighted by molar-refractivity contribution is 5.91. The summed E-state index contributed by atoms with van der Waals surface area (Å²) in [7, 11) is 0. The monoisotopic (exact) mass is 368 g/mol. The zero-order valence-corrected chi connectivity index (χ0v) is 16.0. The molecule has 0 atom stereocenters. The molecular weight excluding hydrogens is 344 g/mol. The molecule has 1 N–H and O–H groups in total. The van der Waals surface area contributed by atoms with E-state index in [1.807, 2.05) is 52.0 Å². The third-order valence-corrected chi connectivity index (χ3v) is 4.17. The second-order valence-electron chi connectivity index (χ2n) is 6.74. The van der Waals surface area contributed by atoms with E-state index in [-0.39, 0.29) is 17.8 Å².